The Hall–Kier alpha value is -0.890. The van der Waals surface area contributed by atoms with Crippen molar-refractivity contribution in [3.63, 3.8) is 0 Å². The van der Waals surface area contributed by atoms with Crippen molar-refractivity contribution in [3.8, 4) is 0 Å². The molecular formula is C13H18FN. The van der Waals surface area contributed by atoms with Crippen LogP contribution in [0.1, 0.15) is 36.8 Å². The second-order valence-corrected chi connectivity index (χ2v) is 4.19. The van der Waals surface area contributed by atoms with Crippen LogP contribution in [0.5, 0.6) is 0 Å². The van der Waals surface area contributed by atoms with E-state index in [4.69, 9.17) is 0 Å². The monoisotopic (exact) mass is 207 g/mol. The van der Waals surface area contributed by atoms with Crippen LogP contribution in [0.2, 0.25) is 0 Å². The van der Waals surface area contributed by atoms with Crippen LogP contribution in [-0.4, -0.2) is 13.1 Å². The first-order chi connectivity index (χ1) is 7.33. The molecule has 1 saturated heterocycles. The smallest absolute Gasteiger partial charge is 0.126 e. The molecule has 0 aliphatic carbocycles. The van der Waals surface area contributed by atoms with Crippen molar-refractivity contribution in [1.82, 2.24) is 5.32 Å². The molecule has 1 nitrogen and oxygen atoms in total. The molecule has 1 N–H and O–H groups in total. The molecule has 82 valence electrons. The van der Waals surface area contributed by atoms with Gasteiger partial charge in [0.2, 0.25) is 0 Å². The van der Waals surface area contributed by atoms with Gasteiger partial charge in [-0.05, 0) is 55.5 Å². The Bertz CT molecular complexity index is 329. The number of halogens is 1. The third-order valence-electron chi connectivity index (χ3n) is 3.27. The maximum absolute atomic E-state index is 13.8. The van der Waals surface area contributed by atoms with Crippen LogP contribution in [0.4, 0.5) is 4.39 Å². The fourth-order valence-corrected chi connectivity index (χ4v) is 2.46. The van der Waals surface area contributed by atoms with Gasteiger partial charge >= 0.3 is 0 Å². The Morgan fingerprint density at radius 2 is 2.07 bits per heavy atom. The average Bonchev–Trinajstić information content (AvgIpc) is 2.29. The fourth-order valence-electron chi connectivity index (χ4n) is 2.46. The maximum Gasteiger partial charge on any atom is 0.126 e. The first-order valence-electron chi connectivity index (χ1n) is 5.81. The van der Waals surface area contributed by atoms with Crippen molar-refractivity contribution in [3.05, 3.63) is 35.1 Å². The van der Waals surface area contributed by atoms with Gasteiger partial charge < -0.3 is 5.32 Å². The van der Waals surface area contributed by atoms with E-state index < -0.39 is 0 Å². The Morgan fingerprint density at radius 3 is 2.73 bits per heavy atom. The summed E-state index contributed by atoms with van der Waals surface area (Å²) in [7, 11) is 0. The summed E-state index contributed by atoms with van der Waals surface area (Å²) in [6, 6.07) is 5.47. The lowest BCUT2D eigenvalue weighted by Gasteiger charge is -2.25. The number of hydrogen-bond donors (Lipinski definition) is 1. The van der Waals surface area contributed by atoms with Crippen LogP contribution in [0.15, 0.2) is 18.2 Å². The highest BCUT2D eigenvalue weighted by Gasteiger charge is 2.20. The largest absolute Gasteiger partial charge is 0.317 e. The fraction of sp³-hybridized carbons (Fsp3) is 0.538. The summed E-state index contributed by atoms with van der Waals surface area (Å²) >= 11 is 0. The molecule has 2 heteroatoms. The van der Waals surface area contributed by atoms with Gasteiger partial charge in [-0.3, -0.25) is 0 Å². The second-order valence-electron chi connectivity index (χ2n) is 4.19. The van der Waals surface area contributed by atoms with Crippen LogP contribution >= 0.6 is 0 Å². The molecule has 1 heterocycles. The van der Waals surface area contributed by atoms with Crippen LogP contribution in [0.3, 0.4) is 0 Å². The topological polar surface area (TPSA) is 12.0 Å². The predicted molar refractivity (Wildman–Crippen MR) is 60.6 cm³/mol. The van der Waals surface area contributed by atoms with Gasteiger partial charge in [-0.25, -0.2) is 4.39 Å². The molecule has 0 radical (unpaired) electrons. The molecule has 1 aliphatic heterocycles. The third kappa shape index (κ3) is 2.20. The van der Waals surface area contributed by atoms with Crippen molar-refractivity contribution in [1.29, 1.82) is 0 Å². The lowest BCUT2D eigenvalue weighted by molar-refractivity contribution is 0.442. The highest BCUT2D eigenvalue weighted by Crippen LogP contribution is 2.30. The summed E-state index contributed by atoms with van der Waals surface area (Å²) in [4.78, 5) is 0. The second kappa shape index (κ2) is 4.75. The predicted octanol–water partition coefficient (Wildman–Crippen LogP) is 2.86. The molecule has 0 aromatic heterocycles. The number of aryl methyl sites for hydroxylation is 1. The zero-order chi connectivity index (χ0) is 10.7. The van der Waals surface area contributed by atoms with Crippen LogP contribution < -0.4 is 5.32 Å². The van der Waals surface area contributed by atoms with Crippen LogP contribution in [-0.2, 0) is 6.42 Å². The lowest BCUT2D eigenvalue weighted by atomic mass is 9.86. The van der Waals surface area contributed by atoms with E-state index in [2.05, 4.69) is 18.3 Å². The van der Waals surface area contributed by atoms with Crippen molar-refractivity contribution >= 4 is 0 Å². The molecule has 15 heavy (non-hydrogen) atoms. The number of nitrogens with one attached hydrogen (secondary N) is 1. The molecule has 1 aromatic rings. The Labute approximate surface area is 90.7 Å². The molecule has 1 aliphatic rings. The molecule has 2 rings (SSSR count). The van der Waals surface area contributed by atoms with Gasteiger partial charge in [0.25, 0.3) is 0 Å². The zero-order valence-electron chi connectivity index (χ0n) is 9.22. The minimum Gasteiger partial charge on any atom is -0.317 e. The van der Waals surface area contributed by atoms with Gasteiger partial charge in [-0.2, -0.15) is 0 Å². The van der Waals surface area contributed by atoms with Gasteiger partial charge in [0, 0.05) is 0 Å². The number of benzene rings is 1. The molecule has 1 fully saturated rings. The highest BCUT2D eigenvalue weighted by molar-refractivity contribution is 5.32. The minimum absolute atomic E-state index is 0.0127. The molecular weight excluding hydrogens is 189 g/mol. The van der Waals surface area contributed by atoms with E-state index in [-0.39, 0.29) is 5.82 Å². The lowest BCUT2D eigenvalue weighted by Crippen LogP contribution is -2.27. The summed E-state index contributed by atoms with van der Waals surface area (Å²) < 4.78 is 13.8. The van der Waals surface area contributed by atoms with Gasteiger partial charge in [0.1, 0.15) is 5.82 Å². The SMILES string of the molecule is CCc1cccc(F)c1C1CCNCC1. The third-order valence-corrected chi connectivity index (χ3v) is 3.27. The standard InChI is InChI=1S/C13H18FN/c1-2-10-4-3-5-12(14)13(10)11-6-8-15-9-7-11/h3-5,11,15H,2,6-9H2,1H3. The van der Waals surface area contributed by atoms with E-state index in [1.807, 2.05) is 6.07 Å². The van der Waals surface area contributed by atoms with Gasteiger partial charge in [-0.15, -0.1) is 0 Å². The Balaban J connectivity index is 2.31. The van der Waals surface area contributed by atoms with Crippen molar-refractivity contribution in [2.75, 3.05) is 13.1 Å². The summed E-state index contributed by atoms with van der Waals surface area (Å²) in [5, 5.41) is 3.32. The van der Waals surface area contributed by atoms with Crippen molar-refractivity contribution in [2.24, 2.45) is 0 Å². The number of rotatable bonds is 2. The van der Waals surface area contributed by atoms with Gasteiger partial charge in [0.15, 0.2) is 0 Å². The minimum atomic E-state index is -0.0127. The zero-order valence-corrected chi connectivity index (χ0v) is 9.22. The van der Waals surface area contributed by atoms with E-state index in [9.17, 15) is 4.39 Å². The summed E-state index contributed by atoms with van der Waals surface area (Å²) in [5.41, 5.74) is 2.16. The first kappa shape index (κ1) is 10.6. The molecule has 1 aromatic carbocycles. The van der Waals surface area contributed by atoms with E-state index in [1.54, 1.807) is 6.07 Å². The van der Waals surface area contributed by atoms with E-state index >= 15 is 0 Å². The van der Waals surface area contributed by atoms with E-state index in [0.29, 0.717) is 5.92 Å². The van der Waals surface area contributed by atoms with Gasteiger partial charge in [-0.1, -0.05) is 19.1 Å². The van der Waals surface area contributed by atoms with Crippen LogP contribution in [0, 0.1) is 5.82 Å². The number of hydrogen-bond acceptors (Lipinski definition) is 1. The van der Waals surface area contributed by atoms with Crippen molar-refractivity contribution in [2.45, 2.75) is 32.1 Å². The Kier molecular flexibility index (Phi) is 3.37. The maximum atomic E-state index is 13.8. The molecule has 0 amide bonds. The number of piperidine rings is 1. The van der Waals surface area contributed by atoms with Crippen LogP contribution in [0.25, 0.3) is 0 Å². The molecule has 0 saturated carbocycles. The van der Waals surface area contributed by atoms with Crippen molar-refractivity contribution < 1.29 is 4.39 Å². The molecule has 0 bridgehead atoms. The quantitative estimate of drug-likeness (QED) is 0.786. The highest BCUT2D eigenvalue weighted by atomic mass is 19.1. The molecule has 0 spiro atoms. The summed E-state index contributed by atoms with van der Waals surface area (Å²) in [6.45, 7) is 4.13. The van der Waals surface area contributed by atoms with E-state index in [1.165, 1.54) is 5.56 Å². The summed E-state index contributed by atoms with van der Waals surface area (Å²) in [6.07, 6.45) is 3.05. The van der Waals surface area contributed by atoms with Gasteiger partial charge in [0.05, 0.1) is 0 Å². The molecule has 0 atom stereocenters. The first-order valence-corrected chi connectivity index (χ1v) is 5.81. The normalized spacial score (nSPS) is 18.0. The molecule has 0 unspecified atom stereocenters. The van der Waals surface area contributed by atoms with E-state index in [0.717, 1.165) is 37.9 Å². The summed E-state index contributed by atoms with van der Waals surface area (Å²) in [5.74, 6) is 0.406. The average molecular weight is 207 g/mol. The Morgan fingerprint density at radius 1 is 1.33 bits per heavy atom.